The van der Waals surface area contributed by atoms with Crippen molar-refractivity contribution in [2.75, 3.05) is 5.73 Å². The van der Waals surface area contributed by atoms with Crippen LogP contribution < -0.4 is 5.73 Å². The Morgan fingerprint density at radius 3 is 2.52 bits per heavy atom. The quantitative estimate of drug-likeness (QED) is 0.732. The first kappa shape index (κ1) is 13.3. The topological polar surface area (TPSA) is 69.6 Å². The van der Waals surface area contributed by atoms with Gasteiger partial charge in [0.2, 0.25) is 0 Å². The molecule has 0 bridgehead atoms. The van der Waals surface area contributed by atoms with Gasteiger partial charge in [0.25, 0.3) is 0 Å². The predicted octanol–water partition coefficient (Wildman–Crippen LogP) is 2.84. The highest BCUT2D eigenvalue weighted by molar-refractivity contribution is 5.74. The summed E-state index contributed by atoms with van der Waals surface area (Å²) in [7, 11) is 0. The van der Waals surface area contributed by atoms with Gasteiger partial charge in [-0.05, 0) is 66.1 Å². The van der Waals surface area contributed by atoms with Gasteiger partial charge in [-0.25, -0.2) is 0 Å². The number of benzene rings is 2. The monoisotopic (exact) mass is 279 g/mol. The molecule has 0 amide bonds. The number of aromatic nitrogens is 4. The lowest BCUT2D eigenvalue weighted by Gasteiger charge is -2.10. The van der Waals surface area contributed by atoms with Crippen LogP contribution in [0.1, 0.15) is 16.7 Å². The van der Waals surface area contributed by atoms with Crippen molar-refractivity contribution in [3.63, 3.8) is 0 Å². The zero-order valence-electron chi connectivity index (χ0n) is 12.3. The Morgan fingerprint density at radius 1 is 0.952 bits per heavy atom. The molecular formula is C16H17N5. The minimum Gasteiger partial charge on any atom is -0.398 e. The average Bonchev–Trinajstić information content (AvgIpc) is 2.94. The molecule has 0 aliphatic carbocycles. The van der Waals surface area contributed by atoms with Gasteiger partial charge in [0.15, 0.2) is 5.82 Å². The second-order valence-corrected chi connectivity index (χ2v) is 5.22. The third-order valence-electron chi connectivity index (χ3n) is 3.77. The van der Waals surface area contributed by atoms with Crippen molar-refractivity contribution in [1.82, 2.24) is 20.2 Å². The van der Waals surface area contributed by atoms with Crippen LogP contribution in [-0.2, 0) is 0 Å². The normalized spacial score (nSPS) is 10.8. The van der Waals surface area contributed by atoms with E-state index >= 15 is 0 Å². The second kappa shape index (κ2) is 5.01. The van der Waals surface area contributed by atoms with Crippen LogP contribution in [0.25, 0.3) is 17.1 Å². The molecule has 3 rings (SSSR count). The lowest BCUT2D eigenvalue weighted by atomic mass is 10.1. The zero-order valence-corrected chi connectivity index (χ0v) is 12.3. The van der Waals surface area contributed by atoms with Crippen LogP contribution in [0.15, 0.2) is 36.4 Å². The van der Waals surface area contributed by atoms with E-state index in [4.69, 9.17) is 5.73 Å². The first-order valence-corrected chi connectivity index (χ1v) is 6.79. The van der Waals surface area contributed by atoms with Crippen molar-refractivity contribution in [2.45, 2.75) is 20.8 Å². The molecule has 2 N–H and O–H groups in total. The number of rotatable bonds is 2. The number of tetrazole rings is 1. The molecular weight excluding hydrogens is 262 g/mol. The second-order valence-electron chi connectivity index (χ2n) is 5.22. The summed E-state index contributed by atoms with van der Waals surface area (Å²) in [5.74, 6) is 0.652. The number of anilines is 1. The Kier molecular flexibility index (Phi) is 3.17. The fourth-order valence-electron chi connectivity index (χ4n) is 2.26. The van der Waals surface area contributed by atoms with E-state index in [1.807, 2.05) is 31.2 Å². The summed E-state index contributed by atoms with van der Waals surface area (Å²) in [6, 6.07) is 12.0. The molecule has 1 heterocycles. The van der Waals surface area contributed by atoms with Crippen molar-refractivity contribution >= 4 is 5.69 Å². The van der Waals surface area contributed by atoms with Crippen LogP contribution in [0.5, 0.6) is 0 Å². The molecule has 0 fully saturated rings. The summed E-state index contributed by atoms with van der Waals surface area (Å²) in [4.78, 5) is 0. The lowest BCUT2D eigenvalue weighted by Crippen LogP contribution is -2.03. The molecule has 0 aliphatic rings. The number of aryl methyl sites for hydroxylation is 3. The summed E-state index contributed by atoms with van der Waals surface area (Å²) in [5, 5.41) is 12.0. The molecule has 1 aromatic heterocycles. The zero-order chi connectivity index (χ0) is 15.0. The van der Waals surface area contributed by atoms with Gasteiger partial charge in [0.05, 0.1) is 5.69 Å². The molecule has 0 spiro atoms. The molecule has 3 aromatic rings. The van der Waals surface area contributed by atoms with Crippen LogP contribution in [0.2, 0.25) is 0 Å². The van der Waals surface area contributed by atoms with E-state index in [9.17, 15) is 0 Å². The van der Waals surface area contributed by atoms with Crippen LogP contribution in [-0.4, -0.2) is 20.2 Å². The molecule has 0 unspecified atom stereocenters. The minimum absolute atomic E-state index is 0.652. The maximum Gasteiger partial charge on any atom is 0.189 e. The van der Waals surface area contributed by atoms with E-state index in [0.717, 1.165) is 16.8 Å². The molecule has 0 saturated heterocycles. The van der Waals surface area contributed by atoms with Crippen molar-refractivity contribution in [2.24, 2.45) is 0 Å². The maximum atomic E-state index is 6.17. The largest absolute Gasteiger partial charge is 0.398 e. The molecule has 5 nitrogen and oxygen atoms in total. The summed E-state index contributed by atoms with van der Waals surface area (Å²) >= 11 is 0. The number of hydrogen-bond donors (Lipinski definition) is 1. The van der Waals surface area contributed by atoms with E-state index in [1.54, 1.807) is 4.68 Å². The molecule has 0 aliphatic heterocycles. The van der Waals surface area contributed by atoms with E-state index in [0.29, 0.717) is 11.5 Å². The van der Waals surface area contributed by atoms with Crippen molar-refractivity contribution in [1.29, 1.82) is 0 Å². The molecule has 0 radical (unpaired) electrons. The highest BCUT2D eigenvalue weighted by Gasteiger charge is 2.14. The molecule has 106 valence electrons. The third kappa shape index (κ3) is 2.27. The van der Waals surface area contributed by atoms with Gasteiger partial charge < -0.3 is 5.73 Å². The summed E-state index contributed by atoms with van der Waals surface area (Å²) in [6.07, 6.45) is 0. The Balaban J connectivity index is 2.17. The summed E-state index contributed by atoms with van der Waals surface area (Å²) in [5.41, 5.74) is 12.1. The Bertz CT molecular complexity index is 804. The highest BCUT2D eigenvalue weighted by Crippen LogP contribution is 2.27. The number of nitrogen functional groups attached to an aromatic ring is 1. The van der Waals surface area contributed by atoms with Crippen LogP contribution in [0, 0.1) is 20.8 Å². The van der Waals surface area contributed by atoms with Gasteiger partial charge >= 0.3 is 0 Å². The third-order valence-corrected chi connectivity index (χ3v) is 3.77. The van der Waals surface area contributed by atoms with E-state index < -0.39 is 0 Å². The number of para-hydroxylation sites is 1. The first-order valence-electron chi connectivity index (χ1n) is 6.79. The fourth-order valence-corrected chi connectivity index (χ4v) is 2.26. The molecule has 5 heteroatoms. The number of hydrogen-bond acceptors (Lipinski definition) is 4. The van der Waals surface area contributed by atoms with Gasteiger partial charge in [-0.1, -0.05) is 18.2 Å². The van der Waals surface area contributed by atoms with E-state index in [2.05, 4.69) is 41.5 Å². The number of nitrogens with zero attached hydrogens (tertiary/aromatic N) is 4. The maximum absolute atomic E-state index is 6.17. The van der Waals surface area contributed by atoms with Gasteiger partial charge in [0.1, 0.15) is 0 Å². The van der Waals surface area contributed by atoms with Gasteiger partial charge in [0, 0.05) is 11.3 Å². The van der Waals surface area contributed by atoms with Crippen LogP contribution >= 0.6 is 0 Å². The van der Waals surface area contributed by atoms with Crippen molar-refractivity contribution in [3.8, 4) is 17.1 Å². The standard InChI is InChI=1S/C16H17N5/c1-10-7-8-13(9-12(10)3)21-16(18-19-20-21)14-6-4-5-11(2)15(14)17/h4-9H,17H2,1-3H3. The number of nitrogens with two attached hydrogens (primary N) is 1. The lowest BCUT2D eigenvalue weighted by molar-refractivity contribution is 0.790. The Morgan fingerprint density at radius 2 is 1.76 bits per heavy atom. The first-order chi connectivity index (χ1) is 10.1. The Hall–Kier alpha value is -2.69. The van der Waals surface area contributed by atoms with Crippen LogP contribution in [0.3, 0.4) is 0 Å². The van der Waals surface area contributed by atoms with Crippen molar-refractivity contribution < 1.29 is 0 Å². The average molecular weight is 279 g/mol. The van der Waals surface area contributed by atoms with Gasteiger partial charge in [-0.3, -0.25) is 0 Å². The molecule has 0 atom stereocenters. The summed E-state index contributed by atoms with van der Waals surface area (Å²) in [6.45, 7) is 6.13. The molecule has 2 aromatic carbocycles. The molecule has 21 heavy (non-hydrogen) atoms. The van der Waals surface area contributed by atoms with E-state index in [-0.39, 0.29) is 0 Å². The van der Waals surface area contributed by atoms with Gasteiger partial charge in [-0.15, -0.1) is 5.10 Å². The van der Waals surface area contributed by atoms with Crippen molar-refractivity contribution in [3.05, 3.63) is 53.1 Å². The Labute approximate surface area is 123 Å². The highest BCUT2D eigenvalue weighted by atomic mass is 15.5. The SMILES string of the molecule is Cc1ccc(-n2nnnc2-c2cccc(C)c2N)cc1C. The predicted molar refractivity (Wildman–Crippen MR) is 83.2 cm³/mol. The van der Waals surface area contributed by atoms with Gasteiger partial charge in [-0.2, -0.15) is 4.68 Å². The summed E-state index contributed by atoms with van der Waals surface area (Å²) < 4.78 is 1.72. The minimum atomic E-state index is 0.652. The van der Waals surface area contributed by atoms with E-state index in [1.165, 1.54) is 11.1 Å². The van der Waals surface area contributed by atoms with Crippen LogP contribution in [0.4, 0.5) is 5.69 Å². The fraction of sp³-hybridized carbons (Fsp3) is 0.188. The molecule has 0 saturated carbocycles. The smallest absolute Gasteiger partial charge is 0.189 e.